The maximum atomic E-state index is 4.55. The number of aryl methyl sites for hydroxylation is 1. The van der Waals surface area contributed by atoms with Crippen molar-refractivity contribution in [2.24, 2.45) is 0 Å². The Morgan fingerprint density at radius 2 is 2.31 bits per heavy atom. The second-order valence-electron chi connectivity index (χ2n) is 3.45. The van der Waals surface area contributed by atoms with Gasteiger partial charge in [0, 0.05) is 6.42 Å². The molecule has 0 aromatic carbocycles. The fraction of sp³-hybridized carbons (Fsp3) is 0.300. The highest BCUT2D eigenvalue weighted by molar-refractivity contribution is 7.23. The number of hydrogen-bond acceptors (Lipinski definition) is 5. The molecule has 0 fully saturated rings. The van der Waals surface area contributed by atoms with Crippen LogP contribution in [0.3, 0.4) is 0 Å². The predicted molar refractivity (Wildman–Crippen MR) is 66.0 cm³/mol. The average molecular weight is 250 g/mol. The minimum Gasteiger partial charge on any atom is -0.187 e. The molecule has 4 nitrogen and oxygen atoms in total. The predicted octanol–water partition coefficient (Wildman–Crippen LogP) is 2.87. The van der Waals surface area contributed by atoms with E-state index in [1.54, 1.807) is 22.7 Å². The SMILES string of the molecule is CCCc1nnc2sc(-c3cccs3)nn12. The molecule has 3 aromatic heterocycles. The van der Waals surface area contributed by atoms with Gasteiger partial charge in [0.15, 0.2) is 10.8 Å². The first kappa shape index (κ1) is 9.92. The molecular formula is C10H10N4S2. The number of thiophene rings is 1. The van der Waals surface area contributed by atoms with E-state index in [0.29, 0.717) is 0 Å². The average Bonchev–Trinajstić information content (AvgIpc) is 2.93. The second-order valence-corrected chi connectivity index (χ2v) is 5.35. The van der Waals surface area contributed by atoms with Crippen molar-refractivity contribution in [2.75, 3.05) is 0 Å². The highest BCUT2D eigenvalue weighted by Gasteiger charge is 2.12. The summed E-state index contributed by atoms with van der Waals surface area (Å²) in [6.07, 6.45) is 1.99. The Kier molecular flexibility index (Phi) is 2.45. The monoisotopic (exact) mass is 250 g/mol. The summed E-state index contributed by atoms with van der Waals surface area (Å²) in [5.74, 6) is 0.955. The van der Waals surface area contributed by atoms with Crippen molar-refractivity contribution in [2.45, 2.75) is 19.8 Å². The van der Waals surface area contributed by atoms with E-state index in [2.05, 4.69) is 33.7 Å². The van der Waals surface area contributed by atoms with Gasteiger partial charge in [-0.3, -0.25) is 0 Å². The van der Waals surface area contributed by atoms with E-state index < -0.39 is 0 Å². The molecule has 0 saturated carbocycles. The summed E-state index contributed by atoms with van der Waals surface area (Å²) in [5, 5.41) is 15.9. The van der Waals surface area contributed by atoms with Gasteiger partial charge in [0.1, 0.15) is 0 Å². The van der Waals surface area contributed by atoms with Crippen LogP contribution in [0, 0.1) is 0 Å². The minimum absolute atomic E-state index is 0.881. The third kappa shape index (κ3) is 1.54. The van der Waals surface area contributed by atoms with Gasteiger partial charge >= 0.3 is 0 Å². The van der Waals surface area contributed by atoms with Crippen LogP contribution in [0.2, 0.25) is 0 Å². The molecule has 0 bridgehead atoms. The Morgan fingerprint density at radius 3 is 3.06 bits per heavy atom. The second kappa shape index (κ2) is 3.95. The Bertz CT molecular complexity index is 593. The molecule has 6 heteroatoms. The summed E-state index contributed by atoms with van der Waals surface area (Å²) >= 11 is 3.29. The normalized spacial score (nSPS) is 11.3. The summed E-state index contributed by atoms with van der Waals surface area (Å²) in [7, 11) is 0. The van der Waals surface area contributed by atoms with E-state index in [0.717, 1.165) is 28.6 Å². The summed E-state index contributed by atoms with van der Waals surface area (Å²) in [4.78, 5) is 2.07. The van der Waals surface area contributed by atoms with Gasteiger partial charge in [-0.2, -0.15) is 9.61 Å². The quantitative estimate of drug-likeness (QED) is 0.718. The number of fused-ring (bicyclic) bond motifs is 1. The fourth-order valence-corrected chi connectivity index (χ4v) is 3.19. The molecule has 0 spiro atoms. The number of hydrogen-bond donors (Lipinski definition) is 0. The zero-order valence-corrected chi connectivity index (χ0v) is 10.4. The number of nitrogens with zero attached hydrogens (tertiary/aromatic N) is 4. The highest BCUT2D eigenvalue weighted by Crippen LogP contribution is 2.28. The molecule has 0 aliphatic heterocycles. The van der Waals surface area contributed by atoms with Crippen molar-refractivity contribution in [1.29, 1.82) is 0 Å². The van der Waals surface area contributed by atoms with Gasteiger partial charge in [-0.15, -0.1) is 21.5 Å². The topological polar surface area (TPSA) is 43.1 Å². The third-order valence-electron chi connectivity index (χ3n) is 2.26. The number of rotatable bonds is 3. The highest BCUT2D eigenvalue weighted by atomic mass is 32.1. The Morgan fingerprint density at radius 1 is 1.38 bits per heavy atom. The van der Waals surface area contributed by atoms with Crippen LogP contribution in [0.25, 0.3) is 14.8 Å². The van der Waals surface area contributed by atoms with Crippen LogP contribution in [0.1, 0.15) is 19.2 Å². The van der Waals surface area contributed by atoms with Crippen LogP contribution in [0.15, 0.2) is 17.5 Å². The molecule has 0 saturated heterocycles. The summed E-state index contributed by atoms with van der Waals surface area (Å²) in [5.41, 5.74) is 0. The van der Waals surface area contributed by atoms with Gasteiger partial charge in [-0.25, -0.2) is 0 Å². The molecule has 0 aliphatic rings. The Hall–Kier alpha value is -1.27. The van der Waals surface area contributed by atoms with Crippen LogP contribution in [0.4, 0.5) is 0 Å². The van der Waals surface area contributed by atoms with Gasteiger partial charge in [0.05, 0.1) is 4.88 Å². The Labute approximate surface area is 101 Å². The molecule has 0 atom stereocenters. The summed E-state index contributed by atoms with van der Waals surface area (Å²) in [6, 6.07) is 4.12. The van der Waals surface area contributed by atoms with Gasteiger partial charge in [0.2, 0.25) is 4.96 Å². The minimum atomic E-state index is 0.881. The fourth-order valence-electron chi connectivity index (χ4n) is 1.54. The molecular weight excluding hydrogens is 240 g/mol. The van der Waals surface area contributed by atoms with Crippen LogP contribution in [0.5, 0.6) is 0 Å². The Balaban J connectivity index is 2.09. The van der Waals surface area contributed by atoms with E-state index in [-0.39, 0.29) is 0 Å². The first-order valence-electron chi connectivity index (χ1n) is 5.13. The maximum absolute atomic E-state index is 4.55. The third-order valence-corrected chi connectivity index (χ3v) is 4.20. The molecule has 0 aliphatic carbocycles. The van der Waals surface area contributed by atoms with Crippen molar-refractivity contribution in [3.05, 3.63) is 23.3 Å². The lowest BCUT2D eigenvalue weighted by Crippen LogP contribution is -1.94. The molecule has 0 N–H and O–H groups in total. The molecule has 0 unspecified atom stereocenters. The van der Waals surface area contributed by atoms with Crippen LogP contribution >= 0.6 is 22.7 Å². The van der Waals surface area contributed by atoms with Crippen LogP contribution < -0.4 is 0 Å². The summed E-state index contributed by atoms with van der Waals surface area (Å²) in [6.45, 7) is 2.13. The van der Waals surface area contributed by atoms with Crippen LogP contribution in [-0.2, 0) is 6.42 Å². The lowest BCUT2D eigenvalue weighted by Gasteiger charge is -1.90. The van der Waals surface area contributed by atoms with Gasteiger partial charge in [0.25, 0.3) is 0 Å². The van der Waals surface area contributed by atoms with E-state index in [1.165, 1.54) is 4.88 Å². The number of aromatic nitrogens is 4. The van der Waals surface area contributed by atoms with Crippen molar-refractivity contribution < 1.29 is 0 Å². The molecule has 82 valence electrons. The lowest BCUT2D eigenvalue weighted by atomic mass is 10.3. The van der Waals surface area contributed by atoms with Crippen LogP contribution in [-0.4, -0.2) is 19.8 Å². The van der Waals surface area contributed by atoms with E-state index in [4.69, 9.17) is 0 Å². The largest absolute Gasteiger partial charge is 0.235 e. The molecule has 0 amide bonds. The van der Waals surface area contributed by atoms with Crippen molar-refractivity contribution in [3.8, 4) is 9.88 Å². The lowest BCUT2D eigenvalue weighted by molar-refractivity contribution is 0.778. The molecule has 3 rings (SSSR count). The van der Waals surface area contributed by atoms with E-state index in [9.17, 15) is 0 Å². The van der Waals surface area contributed by atoms with Crippen molar-refractivity contribution in [3.63, 3.8) is 0 Å². The molecule has 16 heavy (non-hydrogen) atoms. The maximum Gasteiger partial charge on any atom is 0.235 e. The molecule has 0 radical (unpaired) electrons. The zero-order chi connectivity index (χ0) is 11.0. The summed E-state index contributed by atoms with van der Waals surface area (Å²) < 4.78 is 1.86. The molecule has 3 heterocycles. The smallest absolute Gasteiger partial charge is 0.187 e. The van der Waals surface area contributed by atoms with Gasteiger partial charge in [-0.05, 0) is 17.9 Å². The van der Waals surface area contributed by atoms with Gasteiger partial charge < -0.3 is 0 Å². The van der Waals surface area contributed by atoms with Crippen molar-refractivity contribution in [1.82, 2.24) is 19.8 Å². The first-order valence-corrected chi connectivity index (χ1v) is 6.83. The van der Waals surface area contributed by atoms with Crippen molar-refractivity contribution >= 4 is 27.6 Å². The first-order chi connectivity index (χ1) is 7.88. The zero-order valence-electron chi connectivity index (χ0n) is 8.75. The molecule has 3 aromatic rings. The van der Waals surface area contributed by atoms with Gasteiger partial charge in [-0.1, -0.05) is 24.3 Å². The van der Waals surface area contributed by atoms with E-state index >= 15 is 0 Å². The standard InChI is InChI=1S/C10H10N4S2/c1-2-4-8-11-12-10-14(8)13-9(16-10)7-5-3-6-15-7/h3,5-6H,2,4H2,1H3. The van der Waals surface area contributed by atoms with E-state index in [1.807, 2.05) is 10.6 Å².